The van der Waals surface area contributed by atoms with E-state index in [1.165, 1.54) is 0 Å². The van der Waals surface area contributed by atoms with Crippen molar-refractivity contribution in [1.29, 1.82) is 0 Å². The van der Waals surface area contributed by atoms with Crippen molar-refractivity contribution in [3.63, 3.8) is 0 Å². The summed E-state index contributed by atoms with van der Waals surface area (Å²) in [4.78, 5) is 10.8. The van der Waals surface area contributed by atoms with Crippen LogP contribution in [0.4, 0.5) is 0 Å². The molecule has 0 aliphatic carbocycles. The first-order valence-corrected chi connectivity index (χ1v) is 4.95. The molecule has 0 aromatic rings. The Labute approximate surface area is 80.9 Å². The first-order chi connectivity index (χ1) is 5.86. The van der Waals surface area contributed by atoms with Crippen LogP contribution in [0, 0.1) is 0 Å². The lowest BCUT2D eigenvalue weighted by molar-refractivity contribution is -0.958. The summed E-state index contributed by atoms with van der Waals surface area (Å²) in [6.45, 7) is 11.5. The molecule has 3 nitrogen and oxygen atoms in total. The Morgan fingerprint density at radius 1 is 1.23 bits per heavy atom. The quantitative estimate of drug-likeness (QED) is 0.667. The van der Waals surface area contributed by atoms with E-state index in [-0.39, 0.29) is 6.54 Å². The number of quaternary nitrogens is 1. The molecule has 0 heterocycles. The standard InChI is InChI=1S/C10H21NO2/c1-6-11(8(2)3,9(4)5)7-10(12)13/h8-9H,6-7H2,1-5H3/p+1. The monoisotopic (exact) mass is 188 g/mol. The summed E-state index contributed by atoms with van der Waals surface area (Å²) >= 11 is 0. The Morgan fingerprint density at radius 3 is 1.69 bits per heavy atom. The van der Waals surface area contributed by atoms with Crippen molar-refractivity contribution in [1.82, 2.24) is 0 Å². The molecule has 13 heavy (non-hydrogen) atoms. The van der Waals surface area contributed by atoms with E-state index in [4.69, 9.17) is 5.11 Å². The maximum absolute atomic E-state index is 10.8. The van der Waals surface area contributed by atoms with Crippen LogP contribution in [0.25, 0.3) is 0 Å². The zero-order valence-corrected chi connectivity index (χ0v) is 9.37. The first-order valence-electron chi connectivity index (χ1n) is 4.95. The van der Waals surface area contributed by atoms with Crippen molar-refractivity contribution in [3.8, 4) is 0 Å². The van der Waals surface area contributed by atoms with Gasteiger partial charge >= 0.3 is 5.97 Å². The summed E-state index contributed by atoms with van der Waals surface area (Å²) in [5, 5.41) is 8.86. The number of nitrogens with zero attached hydrogens (tertiary/aromatic N) is 1. The number of rotatable bonds is 5. The molecule has 3 heteroatoms. The highest BCUT2D eigenvalue weighted by Crippen LogP contribution is 2.18. The second-order valence-electron chi connectivity index (χ2n) is 4.16. The molecule has 0 aromatic carbocycles. The van der Waals surface area contributed by atoms with E-state index in [9.17, 15) is 4.79 Å². The minimum atomic E-state index is -0.704. The number of hydrogen-bond acceptors (Lipinski definition) is 1. The van der Waals surface area contributed by atoms with Crippen LogP contribution in [0.1, 0.15) is 34.6 Å². The van der Waals surface area contributed by atoms with E-state index in [1.807, 2.05) is 0 Å². The highest BCUT2D eigenvalue weighted by molar-refractivity contribution is 5.68. The molecule has 0 aliphatic rings. The Morgan fingerprint density at radius 2 is 1.62 bits per heavy atom. The van der Waals surface area contributed by atoms with E-state index in [0.29, 0.717) is 16.6 Å². The topological polar surface area (TPSA) is 37.3 Å². The van der Waals surface area contributed by atoms with E-state index in [0.717, 1.165) is 6.54 Å². The molecule has 0 rings (SSSR count). The molecular weight excluding hydrogens is 166 g/mol. The van der Waals surface area contributed by atoms with Crippen LogP contribution >= 0.6 is 0 Å². The third-order valence-electron chi connectivity index (χ3n) is 3.08. The summed E-state index contributed by atoms with van der Waals surface area (Å²) in [5.74, 6) is -0.704. The molecule has 0 bridgehead atoms. The van der Waals surface area contributed by atoms with E-state index >= 15 is 0 Å². The molecular formula is C10H22NO2+. The lowest BCUT2D eigenvalue weighted by Crippen LogP contribution is -2.59. The van der Waals surface area contributed by atoms with Crippen molar-refractivity contribution >= 4 is 5.97 Å². The van der Waals surface area contributed by atoms with Gasteiger partial charge in [0.25, 0.3) is 0 Å². The number of likely N-dealkylation sites (N-methyl/N-ethyl adjacent to an activating group) is 1. The van der Waals surface area contributed by atoms with Gasteiger partial charge in [0.2, 0.25) is 0 Å². The molecule has 0 radical (unpaired) electrons. The van der Waals surface area contributed by atoms with Gasteiger partial charge in [-0.05, 0) is 34.6 Å². The molecule has 0 fully saturated rings. The van der Waals surface area contributed by atoms with Crippen LogP contribution in [0.15, 0.2) is 0 Å². The average Bonchev–Trinajstić information content (AvgIpc) is 1.98. The number of hydrogen-bond donors (Lipinski definition) is 1. The fraction of sp³-hybridized carbons (Fsp3) is 0.900. The van der Waals surface area contributed by atoms with Crippen LogP contribution in [-0.4, -0.2) is 40.7 Å². The van der Waals surface area contributed by atoms with Crippen LogP contribution < -0.4 is 0 Å². The Bertz CT molecular complexity index is 168. The molecule has 0 aromatic heterocycles. The Kier molecular flexibility index (Phi) is 4.40. The third-order valence-corrected chi connectivity index (χ3v) is 3.08. The maximum atomic E-state index is 10.8. The van der Waals surface area contributed by atoms with Gasteiger partial charge in [-0.1, -0.05) is 0 Å². The molecule has 0 unspecified atom stereocenters. The van der Waals surface area contributed by atoms with Crippen LogP contribution in [0.3, 0.4) is 0 Å². The predicted molar refractivity (Wildman–Crippen MR) is 53.6 cm³/mol. The van der Waals surface area contributed by atoms with Gasteiger partial charge in [-0.3, -0.25) is 0 Å². The molecule has 0 atom stereocenters. The van der Waals surface area contributed by atoms with Gasteiger partial charge in [0.15, 0.2) is 6.54 Å². The summed E-state index contributed by atoms with van der Waals surface area (Å²) in [6.07, 6.45) is 0. The third kappa shape index (κ3) is 2.69. The second kappa shape index (κ2) is 4.61. The maximum Gasteiger partial charge on any atom is 0.359 e. The lowest BCUT2D eigenvalue weighted by atomic mass is 10.1. The highest BCUT2D eigenvalue weighted by atomic mass is 16.4. The largest absolute Gasteiger partial charge is 0.477 e. The Hall–Kier alpha value is -0.570. The summed E-state index contributed by atoms with van der Waals surface area (Å²) in [6, 6.07) is 0.724. The normalized spacial score (nSPS) is 12.5. The fourth-order valence-corrected chi connectivity index (χ4v) is 2.06. The van der Waals surface area contributed by atoms with Gasteiger partial charge in [0.05, 0.1) is 18.6 Å². The summed E-state index contributed by atoms with van der Waals surface area (Å²) in [7, 11) is 0. The van der Waals surface area contributed by atoms with Gasteiger partial charge in [0, 0.05) is 0 Å². The number of carbonyl (C=O) groups is 1. The Balaban J connectivity index is 4.75. The van der Waals surface area contributed by atoms with Gasteiger partial charge in [-0.15, -0.1) is 0 Å². The van der Waals surface area contributed by atoms with Gasteiger partial charge in [-0.2, -0.15) is 0 Å². The average molecular weight is 188 g/mol. The van der Waals surface area contributed by atoms with Crippen molar-refractivity contribution in [2.45, 2.75) is 46.7 Å². The molecule has 0 amide bonds. The number of aliphatic carboxylic acids is 1. The predicted octanol–water partition coefficient (Wildman–Crippen LogP) is 1.72. The SMILES string of the molecule is CC[N+](CC(=O)O)(C(C)C)C(C)C. The van der Waals surface area contributed by atoms with Crippen LogP contribution in [0.5, 0.6) is 0 Å². The molecule has 0 spiro atoms. The van der Waals surface area contributed by atoms with Crippen LogP contribution in [0.2, 0.25) is 0 Å². The van der Waals surface area contributed by atoms with E-state index < -0.39 is 5.97 Å². The minimum Gasteiger partial charge on any atom is -0.477 e. The zero-order valence-electron chi connectivity index (χ0n) is 9.37. The second-order valence-corrected chi connectivity index (χ2v) is 4.16. The van der Waals surface area contributed by atoms with Gasteiger partial charge in [0.1, 0.15) is 0 Å². The fourth-order valence-electron chi connectivity index (χ4n) is 2.06. The smallest absolute Gasteiger partial charge is 0.359 e. The van der Waals surface area contributed by atoms with Crippen molar-refractivity contribution in [2.75, 3.05) is 13.1 Å². The summed E-state index contributed by atoms with van der Waals surface area (Å²) in [5.41, 5.74) is 0. The van der Waals surface area contributed by atoms with Crippen molar-refractivity contribution in [3.05, 3.63) is 0 Å². The minimum absolute atomic E-state index is 0.228. The molecule has 0 aliphatic heterocycles. The highest BCUT2D eigenvalue weighted by Gasteiger charge is 2.35. The molecule has 0 saturated carbocycles. The van der Waals surface area contributed by atoms with Crippen molar-refractivity contribution in [2.24, 2.45) is 0 Å². The van der Waals surface area contributed by atoms with Crippen molar-refractivity contribution < 1.29 is 14.4 Å². The molecule has 0 saturated heterocycles. The molecule has 1 N–H and O–H groups in total. The zero-order chi connectivity index (χ0) is 10.6. The van der Waals surface area contributed by atoms with Gasteiger partial charge in [-0.25, -0.2) is 4.79 Å². The lowest BCUT2D eigenvalue weighted by Gasteiger charge is -2.44. The summed E-state index contributed by atoms with van der Waals surface area (Å²) < 4.78 is 0.662. The molecule has 78 valence electrons. The number of carboxylic acids is 1. The van der Waals surface area contributed by atoms with Crippen LogP contribution in [-0.2, 0) is 4.79 Å². The van der Waals surface area contributed by atoms with E-state index in [1.54, 1.807) is 0 Å². The van der Waals surface area contributed by atoms with E-state index in [2.05, 4.69) is 34.6 Å². The van der Waals surface area contributed by atoms with Gasteiger partial charge < -0.3 is 9.59 Å². The first kappa shape index (κ1) is 12.4. The number of carboxylic acid groups (broad SMARTS) is 1.